The van der Waals surface area contributed by atoms with Crippen LogP contribution in [0.4, 0.5) is 5.82 Å². The van der Waals surface area contributed by atoms with Crippen molar-refractivity contribution < 1.29 is 4.74 Å². The number of benzene rings is 1. The van der Waals surface area contributed by atoms with E-state index in [2.05, 4.69) is 38.2 Å². The summed E-state index contributed by atoms with van der Waals surface area (Å²) in [5.41, 5.74) is 2.18. The van der Waals surface area contributed by atoms with Crippen molar-refractivity contribution in [2.24, 2.45) is 7.05 Å². The highest BCUT2D eigenvalue weighted by Gasteiger charge is 2.28. The van der Waals surface area contributed by atoms with Crippen molar-refractivity contribution in [3.05, 3.63) is 42.4 Å². The van der Waals surface area contributed by atoms with Crippen LogP contribution in [0.15, 0.2) is 36.8 Å². The molecular weight excluding hydrogens is 302 g/mol. The quantitative estimate of drug-likeness (QED) is 0.738. The number of hydrogen-bond donors (Lipinski definition) is 0. The van der Waals surface area contributed by atoms with Gasteiger partial charge in [-0.25, -0.2) is 9.97 Å². The lowest BCUT2D eigenvalue weighted by atomic mass is 10.0. The molecule has 1 fully saturated rings. The van der Waals surface area contributed by atoms with Crippen molar-refractivity contribution in [2.45, 2.75) is 25.3 Å². The molecule has 0 saturated carbocycles. The Balaban J connectivity index is 1.64. The number of ether oxygens (including phenoxy) is 1. The van der Waals surface area contributed by atoms with Crippen molar-refractivity contribution in [1.82, 2.24) is 19.7 Å². The van der Waals surface area contributed by atoms with Crippen LogP contribution in [0, 0.1) is 0 Å². The van der Waals surface area contributed by atoms with Gasteiger partial charge in [0.25, 0.3) is 0 Å². The van der Waals surface area contributed by atoms with Crippen molar-refractivity contribution in [3.8, 4) is 5.75 Å². The van der Waals surface area contributed by atoms with Gasteiger partial charge in [0.1, 0.15) is 17.9 Å². The minimum Gasteiger partial charge on any atom is -0.497 e. The average Bonchev–Trinajstić information content (AvgIpc) is 3.22. The smallest absolute Gasteiger partial charge is 0.163 e. The molecule has 2 aromatic heterocycles. The molecule has 6 nitrogen and oxygen atoms in total. The maximum atomic E-state index is 5.35. The molecule has 1 aliphatic heterocycles. The minimum absolute atomic E-state index is 0.440. The molecule has 0 amide bonds. The SMILES string of the molecule is COc1cccc(C[C@H]2CCCN2c2ncnc3c2cnn3C)c1. The summed E-state index contributed by atoms with van der Waals surface area (Å²) in [5, 5.41) is 5.36. The molecular formula is C18H21N5O. The van der Waals surface area contributed by atoms with E-state index in [1.165, 1.54) is 18.4 Å². The van der Waals surface area contributed by atoms with E-state index >= 15 is 0 Å². The van der Waals surface area contributed by atoms with Gasteiger partial charge in [-0.15, -0.1) is 0 Å². The number of aromatic nitrogens is 4. The van der Waals surface area contributed by atoms with E-state index in [1.807, 2.05) is 19.3 Å². The van der Waals surface area contributed by atoms with E-state index in [0.29, 0.717) is 6.04 Å². The van der Waals surface area contributed by atoms with Crippen LogP contribution in [0.3, 0.4) is 0 Å². The lowest BCUT2D eigenvalue weighted by molar-refractivity contribution is 0.414. The zero-order valence-electron chi connectivity index (χ0n) is 14.0. The molecule has 1 saturated heterocycles. The van der Waals surface area contributed by atoms with Gasteiger partial charge in [0.2, 0.25) is 0 Å². The standard InChI is InChI=1S/C18H21N5O/c1-22-17-16(11-21-22)18(20-12-19-17)23-8-4-6-14(23)9-13-5-3-7-15(10-13)24-2/h3,5,7,10-12,14H,4,6,8-9H2,1-2H3/t14-/m1/s1. The number of hydrogen-bond acceptors (Lipinski definition) is 5. The summed E-state index contributed by atoms with van der Waals surface area (Å²) in [6.07, 6.45) is 6.85. The van der Waals surface area contributed by atoms with Gasteiger partial charge < -0.3 is 9.64 Å². The molecule has 6 heteroatoms. The number of methoxy groups -OCH3 is 1. The zero-order chi connectivity index (χ0) is 16.5. The maximum absolute atomic E-state index is 5.35. The van der Waals surface area contributed by atoms with Crippen LogP contribution in [-0.4, -0.2) is 39.4 Å². The highest BCUT2D eigenvalue weighted by Crippen LogP contribution is 2.31. The zero-order valence-corrected chi connectivity index (χ0v) is 14.0. The van der Waals surface area contributed by atoms with E-state index in [0.717, 1.165) is 35.6 Å². The number of anilines is 1. The fourth-order valence-electron chi connectivity index (χ4n) is 3.58. The monoisotopic (exact) mass is 323 g/mol. The summed E-state index contributed by atoms with van der Waals surface area (Å²) in [6, 6.07) is 8.77. The Morgan fingerprint density at radius 2 is 2.21 bits per heavy atom. The van der Waals surface area contributed by atoms with Gasteiger partial charge >= 0.3 is 0 Å². The second-order valence-electron chi connectivity index (χ2n) is 6.25. The van der Waals surface area contributed by atoms with E-state index in [9.17, 15) is 0 Å². The predicted molar refractivity (Wildman–Crippen MR) is 93.4 cm³/mol. The molecule has 4 rings (SSSR count). The molecule has 0 N–H and O–H groups in total. The first-order chi connectivity index (χ1) is 11.8. The Morgan fingerprint density at radius 3 is 3.08 bits per heavy atom. The third-order valence-electron chi connectivity index (χ3n) is 4.76. The van der Waals surface area contributed by atoms with Crippen LogP contribution in [0.2, 0.25) is 0 Å². The highest BCUT2D eigenvalue weighted by atomic mass is 16.5. The van der Waals surface area contributed by atoms with E-state index in [-0.39, 0.29) is 0 Å². The topological polar surface area (TPSA) is 56.1 Å². The van der Waals surface area contributed by atoms with Gasteiger partial charge in [0.05, 0.1) is 18.7 Å². The molecule has 3 aromatic rings. The fraction of sp³-hybridized carbons (Fsp3) is 0.389. The molecule has 0 aliphatic carbocycles. The van der Waals surface area contributed by atoms with Crippen molar-refractivity contribution in [2.75, 3.05) is 18.6 Å². The first kappa shape index (κ1) is 14.9. The molecule has 0 bridgehead atoms. The van der Waals surface area contributed by atoms with E-state index in [4.69, 9.17) is 4.74 Å². The Labute approximate surface area is 141 Å². The first-order valence-electron chi connectivity index (χ1n) is 8.28. The largest absolute Gasteiger partial charge is 0.497 e. The van der Waals surface area contributed by atoms with Crippen LogP contribution >= 0.6 is 0 Å². The maximum Gasteiger partial charge on any atom is 0.163 e. The molecule has 0 unspecified atom stereocenters. The molecule has 0 spiro atoms. The predicted octanol–water partition coefficient (Wildman–Crippen LogP) is 2.58. The van der Waals surface area contributed by atoms with Crippen LogP contribution in [0.25, 0.3) is 11.0 Å². The number of rotatable bonds is 4. The molecule has 1 aliphatic rings. The average molecular weight is 323 g/mol. The number of nitrogens with zero attached hydrogens (tertiary/aromatic N) is 5. The second kappa shape index (κ2) is 6.11. The van der Waals surface area contributed by atoms with E-state index in [1.54, 1.807) is 18.1 Å². The van der Waals surface area contributed by atoms with Gasteiger partial charge in [-0.1, -0.05) is 12.1 Å². The molecule has 24 heavy (non-hydrogen) atoms. The van der Waals surface area contributed by atoms with Gasteiger partial charge in [0, 0.05) is 19.6 Å². The summed E-state index contributed by atoms with van der Waals surface area (Å²) < 4.78 is 7.15. The Kier molecular flexibility index (Phi) is 3.80. The van der Waals surface area contributed by atoms with Crippen molar-refractivity contribution in [1.29, 1.82) is 0 Å². The fourth-order valence-corrected chi connectivity index (χ4v) is 3.58. The Morgan fingerprint density at radius 1 is 1.29 bits per heavy atom. The molecule has 3 heterocycles. The molecule has 1 aromatic carbocycles. The summed E-state index contributed by atoms with van der Waals surface area (Å²) in [5.74, 6) is 1.91. The third-order valence-corrected chi connectivity index (χ3v) is 4.76. The first-order valence-corrected chi connectivity index (χ1v) is 8.28. The third kappa shape index (κ3) is 2.58. The Hall–Kier alpha value is -2.63. The van der Waals surface area contributed by atoms with Crippen LogP contribution in [-0.2, 0) is 13.5 Å². The van der Waals surface area contributed by atoms with Crippen molar-refractivity contribution >= 4 is 16.9 Å². The summed E-state index contributed by atoms with van der Waals surface area (Å²) >= 11 is 0. The molecule has 1 atom stereocenters. The summed E-state index contributed by atoms with van der Waals surface area (Å²) in [4.78, 5) is 11.3. The normalized spacial score (nSPS) is 17.6. The Bertz CT molecular complexity index is 859. The summed E-state index contributed by atoms with van der Waals surface area (Å²) in [6.45, 7) is 1.02. The molecule has 0 radical (unpaired) electrons. The lowest BCUT2D eigenvalue weighted by Gasteiger charge is -2.26. The van der Waals surface area contributed by atoms with Gasteiger partial charge in [-0.05, 0) is 37.0 Å². The lowest BCUT2D eigenvalue weighted by Crippen LogP contribution is -2.31. The van der Waals surface area contributed by atoms with Crippen LogP contribution in [0.1, 0.15) is 18.4 Å². The van der Waals surface area contributed by atoms with Gasteiger partial charge in [-0.3, -0.25) is 4.68 Å². The highest BCUT2D eigenvalue weighted by molar-refractivity contribution is 5.86. The minimum atomic E-state index is 0.440. The number of aryl methyl sites for hydroxylation is 1. The second-order valence-corrected chi connectivity index (χ2v) is 6.25. The van der Waals surface area contributed by atoms with E-state index < -0.39 is 0 Å². The molecule has 124 valence electrons. The van der Waals surface area contributed by atoms with Crippen LogP contribution < -0.4 is 9.64 Å². The van der Waals surface area contributed by atoms with Crippen molar-refractivity contribution in [3.63, 3.8) is 0 Å². The van der Waals surface area contributed by atoms with Gasteiger partial charge in [0.15, 0.2) is 5.65 Å². The summed E-state index contributed by atoms with van der Waals surface area (Å²) in [7, 11) is 3.62. The van der Waals surface area contributed by atoms with Gasteiger partial charge in [-0.2, -0.15) is 5.10 Å². The van der Waals surface area contributed by atoms with Crippen LogP contribution in [0.5, 0.6) is 5.75 Å². The number of fused-ring (bicyclic) bond motifs is 1.